The van der Waals surface area contributed by atoms with E-state index in [1.54, 1.807) is 18.9 Å². The van der Waals surface area contributed by atoms with E-state index >= 15 is 0 Å². The summed E-state index contributed by atoms with van der Waals surface area (Å²) < 4.78 is 5.90. The van der Waals surface area contributed by atoms with Crippen LogP contribution in [0.15, 0.2) is 0 Å². The van der Waals surface area contributed by atoms with Gasteiger partial charge in [0.2, 0.25) is 0 Å². The maximum absolute atomic E-state index is 12.2. The first-order chi connectivity index (χ1) is 8.54. The van der Waals surface area contributed by atoms with Crippen LogP contribution in [0, 0.1) is 0 Å². The topological polar surface area (TPSA) is 49.8 Å². The molecule has 1 saturated carbocycles. The van der Waals surface area contributed by atoms with E-state index in [4.69, 9.17) is 4.74 Å². The van der Waals surface area contributed by atoms with Gasteiger partial charge in [-0.1, -0.05) is 19.8 Å². The van der Waals surface area contributed by atoms with Gasteiger partial charge >= 0.3 is 0 Å². The molecular formula is C14H27NO3. The second kappa shape index (κ2) is 7.74. The van der Waals surface area contributed by atoms with Crippen LogP contribution in [0.25, 0.3) is 0 Å². The van der Waals surface area contributed by atoms with Gasteiger partial charge in [-0.05, 0) is 32.6 Å². The molecule has 0 bridgehead atoms. The molecule has 0 spiro atoms. The standard InChI is InChI=1S/C14H27NO3/c1-4-13(18-12-7-5-6-8-12)14(17)15(3)10-9-11(2)16/h11-13,16H,4-10H2,1-3H3. The molecule has 1 amide bonds. The average molecular weight is 257 g/mol. The number of aliphatic hydroxyl groups is 1. The van der Waals surface area contributed by atoms with Crippen molar-refractivity contribution in [3.05, 3.63) is 0 Å². The maximum atomic E-state index is 12.2. The SMILES string of the molecule is CCC(OC1CCCC1)C(=O)N(C)CCC(C)O. The van der Waals surface area contributed by atoms with Crippen molar-refractivity contribution < 1.29 is 14.6 Å². The Balaban J connectivity index is 2.39. The number of hydrogen-bond donors (Lipinski definition) is 1. The van der Waals surface area contributed by atoms with Gasteiger partial charge in [0.05, 0.1) is 12.2 Å². The molecule has 2 atom stereocenters. The third kappa shape index (κ3) is 4.94. The van der Waals surface area contributed by atoms with Gasteiger partial charge in [0.15, 0.2) is 0 Å². The zero-order chi connectivity index (χ0) is 13.5. The summed E-state index contributed by atoms with van der Waals surface area (Å²) >= 11 is 0. The minimum Gasteiger partial charge on any atom is -0.393 e. The van der Waals surface area contributed by atoms with E-state index in [9.17, 15) is 9.90 Å². The predicted molar refractivity (Wildman–Crippen MR) is 71.4 cm³/mol. The van der Waals surface area contributed by atoms with Crippen molar-refractivity contribution >= 4 is 5.91 Å². The Morgan fingerprint density at radius 1 is 1.44 bits per heavy atom. The van der Waals surface area contributed by atoms with Crippen molar-refractivity contribution in [1.82, 2.24) is 4.90 Å². The van der Waals surface area contributed by atoms with Crippen LogP contribution in [-0.4, -0.2) is 47.8 Å². The lowest BCUT2D eigenvalue weighted by molar-refractivity contribution is -0.146. The van der Waals surface area contributed by atoms with Gasteiger partial charge in [0, 0.05) is 13.6 Å². The van der Waals surface area contributed by atoms with Crippen LogP contribution in [-0.2, 0) is 9.53 Å². The molecule has 0 radical (unpaired) electrons. The number of carbonyl (C=O) groups is 1. The van der Waals surface area contributed by atoms with Crippen LogP contribution in [0.5, 0.6) is 0 Å². The monoisotopic (exact) mass is 257 g/mol. The van der Waals surface area contributed by atoms with E-state index in [1.165, 1.54) is 12.8 Å². The second-order valence-corrected chi connectivity index (χ2v) is 5.34. The summed E-state index contributed by atoms with van der Waals surface area (Å²) in [6.07, 6.45) is 5.52. The Labute approximate surface area is 110 Å². The van der Waals surface area contributed by atoms with E-state index in [0.29, 0.717) is 19.4 Å². The first-order valence-electron chi connectivity index (χ1n) is 7.13. The molecule has 0 aliphatic heterocycles. The van der Waals surface area contributed by atoms with Crippen molar-refractivity contribution in [2.24, 2.45) is 0 Å². The highest BCUT2D eigenvalue weighted by atomic mass is 16.5. The maximum Gasteiger partial charge on any atom is 0.251 e. The molecular weight excluding hydrogens is 230 g/mol. The van der Waals surface area contributed by atoms with Crippen LogP contribution in [0.1, 0.15) is 52.4 Å². The summed E-state index contributed by atoms with van der Waals surface area (Å²) in [6, 6.07) is 0. The molecule has 18 heavy (non-hydrogen) atoms. The van der Waals surface area contributed by atoms with Crippen molar-refractivity contribution in [3.8, 4) is 0 Å². The van der Waals surface area contributed by atoms with Gasteiger partial charge in [-0.2, -0.15) is 0 Å². The van der Waals surface area contributed by atoms with Crippen molar-refractivity contribution in [2.75, 3.05) is 13.6 Å². The van der Waals surface area contributed by atoms with Crippen molar-refractivity contribution in [1.29, 1.82) is 0 Å². The van der Waals surface area contributed by atoms with Crippen LogP contribution in [0.4, 0.5) is 0 Å². The molecule has 106 valence electrons. The smallest absolute Gasteiger partial charge is 0.251 e. The van der Waals surface area contributed by atoms with Gasteiger partial charge in [-0.15, -0.1) is 0 Å². The lowest BCUT2D eigenvalue weighted by Gasteiger charge is -2.26. The largest absolute Gasteiger partial charge is 0.393 e. The van der Waals surface area contributed by atoms with Crippen LogP contribution in [0.3, 0.4) is 0 Å². The van der Waals surface area contributed by atoms with E-state index in [0.717, 1.165) is 12.8 Å². The van der Waals surface area contributed by atoms with E-state index in [1.807, 2.05) is 6.92 Å². The molecule has 0 heterocycles. The molecule has 1 rings (SSSR count). The quantitative estimate of drug-likeness (QED) is 0.758. The van der Waals surface area contributed by atoms with Gasteiger partial charge in [0.25, 0.3) is 5.91 Å². The average Bonchev–Trinajstić information content (AvgIpc) is 2.84. The Morgan fingerprint density at radius 2 is 2.06 bits per heavy atom. The molecule has 4 nitrogen and oxygen atoms in total. The summed E-state index contributed by atoms with van der Waals surface area (Å²) in [5.74, 6) is 0.0463. The van der Waals surface area contributed by atoms with Gasteiger partial charge in [-0.3, -0.25) is 4.79 Å². The minimum absolute atomic E-state index is 0.0463. The first-order valence-corrected chi connectivity index (χ1v) is 7.13. The molecule has 4 heteroatoms. The number of amides is 1. The predicted octanol–water partition coefficient (Wildman–Crippen LogP) is 1.95. The number of rotatable bonds is 7. The zero-order valence-electron chi connectivity index (χ0n) is 11.9. The molecule has 0 saturated heterocycles. The normalized spacial score (nSPS) is 19.8. The highest BCUT2D eigenvalue weighted by Crippen LogP contribution is 2.23. The summed E-state index contributed by atoms with van der Waals surface area (Å²) in [7, 11) is 1.78. The summed E-state index contributed by atoms with van der Waals surface area (Å²) in [5.41, 5.74) is 0. The molecule has 0 aromatic heterocycles. The summed E-state index contributed by atoms with van der Waals surface area (Å²) in [5, 5.41) is 9.24. The number of ether oxygens (including phenoxy) is 1. The highest BCUT2D eigenvalue weighted by Gasteiger charge is 2.26. The van der Waals surface area contributed by atoms with Crippen molar-refractivity contribution in [3.63, 3.8) is 0 Å². The molecule has 0 aromatic carbocycles. The van der Waals surface area contributed by atoms with Crippen LogP contribution in [0.2, 0.25) is 0 Å². The Kier molecular flexibility index (Phi) is 6.65. The number of hydrogen-bond acceptors (Lipinski definition) is 3. The minimum atomic E-state index is -0.365. The van der Waals surface area contributed by atoms with E-state index in [-0.39, 0.29) is 24.2 Å². The summed E-state index contributed by atoms with van der Waals surface area (Å²) in [6.45, 7) is 4.31. The Hall–Kier alpha value is -0.610. The molecule has 1 aliphatic rings. The Bertz CT molecular complexity index is 249. The molecule has 2 unspecified atom stereocenters. The molecule has 0 aromatic rings. The van der Waals surface area contributed by atoms with Crippen LogP contribution >= 0.6 is 0 Å². The molecule has 1 fully saturated rings. The van der Waals surface area contributed by atoms with Gasteiger partial charge in [0.1, 0.15) is 6.10 Å². The number of likely N-dealkylation sites (N-methyl/N-ethyl adjacent to an activating group) is 1. The molecule has 1 aliphatic carbocycles. The third-order valence-corrected chi connectivity index (χ3v) is 3.56. The fraction of sp³-hybridized carbons (Fsp3) is 0.929. The number of nitrogens with zero attached hydrogens (tertiary/aromatic N) is 1. The highest BCUT2D eigenvalue weighted by molar-refractivity contribution is 5.80. The Morgan fingerprint density at radius 3 is 2.56 bits per heavy atom. The van der Waals surface area contributed by atoms with Gasteiger partial charge < -0.3 is 14.7 Å². The number of carbonyl (C=O) groups excluding carboxylic acids is 1. The fourth-order valence-electron chi connectivity index (χ4n) is 2.32. The first kappa shape index (κ1) is 15.4. The van der Waals surface area contributed by atoms with E-state index in [2.05, 4.69) is 0 Å². The number of aliphatic hydroxyl groups excluding tert-OH is 1. The molecule has 1 N–H and O–H groups in total. The fourth-order valence-corrected chi connectivity index (χ4v) is 2.32. The lowest BCUT2D eigenvalue weighted by atomic mass is 10.2. The zero-order valence-corrected chi connectivity index (χ0v) is 11.9. The lowest BCUT2D eigenvalue weighted by Crippen LogP contribution is -2.40. The van der Waals surface area contributed by atoms with E-state index < -0.39 is 0 Å². The van der Waals surface area contributed by atoms with Crippen LogP contribution < -0.4 is 0 Å². The van der Waals surface area contributed by atoms with Gasteiger partial charge in [-0.25, -0.2) is 0 Å². The summed E-state index contributed by atoms with van der Waals surface area (Å²) in [4.78, 5) is 13.9. The van der Waals surface area contributed by atoms with Crippen molar-refractivity contribution in [2.45, 2.75) is 70.7 Å². The third-order valence-electron chi connectivity index (χ3n) is 3.56. The second-order valence-electron chi connectivity index (χ2n) is 5.34.